The molecule has 5 rings (SSSR count). The minimum absolute atomic E-state index is 0.114. The Morgan fingerprint density at radius 1 is 1.06 bits per heavy atom. The normalized spacial score (nSPS) is 15.1. The summed E-state index contributed by atoms with van der Waals surface area (Å²) in [6, 6.07) is 19.9. The monoisotopic (exact) mass is 481 g/mol. The van der Waals surface area contributed by atoms with Crippen LogP contribution in [0.2, 0.25) is 0 Å². The van der Waals surface area contributed by atoms with Crippen LogP contribution in [-0.4, -0.2) is 44.6 Å². The number of rotatable bonds is 5. The molecule has 1 aromatic heterocycles. The number of non-ortho nitro benzene ring substituents is 1. The number of aromatic amines is 1. The second-order valence-corrected chi connectivity index (χ2v) is 8.11. The molecule has 0 spiro atoms. The lowest BCUT2D eigenvalue weighted by atomic mass is 10.0. The van der Waals surface area contributed by atoms with Gasteiger partial charge in [-0.25, -0.2) is 9.79 Å². The fourth-order valence-corrected chi connectivity index (χ4v) is 3.98. The molecule has 36 heavy (non-hydrogen) atoms. The SMILES string of the molecule is CN1C(=O)N/C(=C\c2cccc(N=C(c3ccccc3)c3c(O)[nH]c4ccc([N+](=O)[O-])cc34)c2)C1=O. The van der Waals surface area contributed by atoms with Crippen LogP contribution in [0, 0.1) is 10.1 Å². The van der Waals surface area contributed by atoms with E-state index in [0.29, 0.717) is 39.0 Å². The molecule has 0 saturated carbocycles. The summed E-state index contributed by atoms with van der Waals surface area (Å²) in [6.45, 7) is 0. The number of nitrogens with one attached hydrogen (secondary N) is 2. The highest BCUT2D eigenvalue weighted by Gasteiger charge is 2.30. The molecule has 1 saturated heterocycles. The molecule has 10 nitrogen and oxygen atoms in total. The van der Waals surface area contributed by atoms with Gasteiger partial charge in [-0.15, -0.1) is 0 Å². The van der Waals surface area contributed by atoms with Crippen LogP contribution in [0.15, 0.2) is 83.5 Å². The van der Waals surface area contributed by atoms with E-state index in [9.17, 15) is 24.8 Å². The Labute approximate surface area is 204 Å². The molecule has 2 heterocycles. The molecule has 3 amide bonds. The number of urea groups is 1. The van der Waals surface area contributed by atoms with Gasteiger partial charge in [0, 0.05) is 35.6 Å². The second kappa shape index (κ2) is 8.84. The molecule has 0 aliphatic carbocycles. The highest BCUT2D eigenvalue weighted by atomic mass is 16.6. The van der Waals surface area contributed by atoms with Crippen molar-refractivity contribution in [3.8, 4) is 5.88 Å². The van der Waals surface area contributed by atoms with E-state index < -0.39 is 16.9 Å². The second-order valence-electron chi connectivity index (χ2n) is 8.11. The summed E-state index contributed by atoms with van der Waals surface area (Å²) in [6.07, 6.45) is 1.55. The van der Waals surface area contributed by atoms with Crippen LogP contribution in [0.1, 0.15) is 16.7 Å². The van der Waals surface area contributed by atoms with Gasteiger partial charge in [0.05, 0.1) is 21.9 Å². The topological polar surface area (TPSA) is 141 Å². The zero-order valence-corrected chi connectivity index (χ0v) is 18.9. The lowest BCUT2D eigenvalue weighted by Gasteiger charge is -2.08. The van der Waals surface area contributed by atoms with E-state index in [1.807, 2.05) is 30.3 Å². The lowest BCUT2D eigenvalue weighted by Crippen LogP contribution is -2.25. The van der Waals surface area contributed by atoms with Gasteiger partial charge < -0.3 is 15.4 Å². The van der Waals surface area contributed by atoms with Crippen molar-refractivity contribution in [2.45, 2.75) is 0 Å². The fraction of sp³-hybridized carbons (Fsp3) is 0.0385. The number of nitrogens with zero attached hydrogens (tertiary/aromatic N) is 3. The van der Waals surface area contributed by atoms with E-state index >= 15 is 0 Å². The number of hydrogen-bond acceptors (Lipinski definition) is 6. The third-order valence-electron chi connectivity index (χ3n) is 5.76. The summed E-state index contributed by atoms with van der Waals surface area (Å²) in [5, 5.41) is 25.2. The Kier molecular flexibility index (Phi) is 5.53. The van der Waals surface area contributed by atoms with E-state index in [1.165, 1.54) is 25.2 Å². The Bertz CT molecular complexity index is 1600. The molecule has 178 valence electrons. The largest absolute Gasteiger partial charge is 0.494 e. The van der Waals surface area contributed by atoms with Gasteiger partial charge in [0.25, 0.3) is 11.6 Å². The molecular formula is C26H19N5O5. The average Bonchev–Trinajstić information content (AvgIpc) is 3.32. The molecule has 1 fully saturated rings. The van der Waals surface area contributed by atoms with Crippen LogP contribution in [0.3, 0.4) is 0 Å². The van der Waals surface area contributed by atoms with Crippen molar-refractivity contribution in [1.29, 1.82) is 0 Å². The summed E-state index contributed by atoms with van der Waals surface area (Å²) >= 11 is 0. The number of fused-ring (bicyclic) bond motifs is 1. The van der Waals surface area contributed by atoms with Crippen molar-refractivity contribution in [3.63, 3.8) is 0 Å². The van der Waals surface area contributed by atoms with Crippen molar-refractivity contribution in [3.05, 3.63) is 105 Å². The molecule has 1 aliphatic rings. The van der Waals surface area contributed by atoms with Gasteiger partial charge in [0.15, 0.2) is 5.88 Å². The third-order valence-corrected chi connectivity index (χ3v) is 5.76. The molecule has 10 heteroatoms. The molecule has 4 aromatic rings. The van der Waals surface area contributed by atoms with Gasteiger partial charge in [-0.05, 0) is 29.8 Å². The third kappa shape index (κ3) is 4.07. The van der Waals surface area contributed by atoms with Crippen LogP contribution in [-0.2, 0) is 4.79 Å². The Morgan fingerprint density at radius 2 is 1.83 bits per heavy atom. The molecule has 0 unspecified atom stereocenters. The summed E-state index contributed by atoms with van der Waals surface area (Å²) in [4.78, 5) is 43.5. The summed E-state index contributed by atoms with van der Waals surface area (Å²) in [5.74, 6) is -0.613. The number of nitro groups is 1. The first-order chi connectivity index (χ1) is 17.3. The van der Waals surface area contributed by atoms with Gasteiger partial charge >= 0.3 is 6.03 Å². The number of likely N-dealkylation sites (N-methyl/N-ethyl adjacent to an activating group) is 1. The smallest absolute Gasteiger partial charge is 0.328 e. The number of carbonyl (C=O) groups is 2. The van der Waals surface area contributed by atoms with Gasteiger partial charge in [-0.3, -0.25) is 19.8 Å². The highest BCUT2D eigenvalue weighted by Crippen LogP contribution is 2.33. The summed E-state index contributed by atoms with van der Waals surface area (Å²) in [5.41, 5.74) is 3.09. The van der Waals surface area contributed by atoms with Gasteiger partial charge in [0.2, 0.25) is 0 Å². The van der Waals surface area contributed by atoms with E-state index in [-0.39, 0.29) is 17.3 Å². The maximum atomic E-state index is 12.2. The van der Waals surface area contributed by atoms with Crippen molar-refractivity contribution in [2.75, 3.05) is 7.05 Å². The quantitative estimate of drug-likeness (QED) is 0.127. The van der Waals surface area contributed by atoms with Crippen molar-refractivity contribution in [1.82, 2.24) is 15.2 Å². The predicted molar refractivity (Wildman–Crippen MR) is 134 cm³/mol. The number of aromatic nitrogens is 1. The number of hydrogen-bond donors (Lipinski definition) is 3. The van der Waals surface area contributed by atoms with E-state index in [2.05, 4.69) is 10.3 Å². The van der Waals surface area contributed by atoms with Crippen LogP contribution >= 0.6 is 0 Å². The summed E-state index contributed by atoms with van der Waals surface area (Å²) in [7, 11) is 1.39. The molecular weight excluding hydrogens is 462 g/mol. The van der Waals surface area contributed by atoms with Crippen molar-refractivity contribution < 1.29 is 19.6 Å². The molecule has 3 aromatic carbocycles. The molecule has 0 radical (unpaired) electrons. The van der Waals surface area contributed by atoms with Crippen LogP contribution in [0.25, 0.3) is 17.0 Å². The van der Waals surface area contributed by atoms with Crippen LogP contribution < -0.4 is 5.32 Å². The number of H-pyrrole nitrogens is 1. The Hall–Kier alpha value is -5.25. The zero-order valence-electron chi connectivity index (χ0n) is 18.9. The fourth-order valence-electron chi connectivity index (χ4n) is 3.98. The van der Waals surface area contributed by atoms with E-state index in [0.717, 1.165) is 4.90 Å². The molecule has 0 bridgehead atoms. The number of nitro benzene ring substituents is 1. The number of carbonyl (C=O) groups excluding carboxylic acids is 2. The molecule has 3 N–H and O–H groups in total. The van der Waals surface area contributed by atoms with Crippen LogP contribution in [0.4, 0.5) is 16.2 Å². The first-order valence-corrected chi connectivity index (χ1v) is 10.9. The number of amides is 3. The molecule has 1 aliphatic heterocycles. The number of benzene rings is 3. The van der Waals surface area contributed by atoms with Crippen LogP contribution in [0.5, 0.6) is 5.88 Å². The highest BCUT2D eigenvalue weighted by molar-refractivity contribution is 6.22. The van der Waals surface area contributed by atoms with Crippen molar-refractivity contribution >= 4 is 46.0 Å². The van der Waals surface area contributed by atoms with Gasteiger partial charge in [0.1, 0.15) is 5.70 Å². The average molecular weight is 481 g/mol. The Morgan fingerprint density at radius 3 is 2.53 bits per heavy atom. The molecule has 0 atom stereocenters. The minimum Gasteiger partial charge on any atom is -0.494 e. The minimum atomic E-state index is -0.504. The number of aliphatic imine (C=N–C) groups is 1. The first kappa shape index (κ1) is 22.5. The maximum absolute atomic E-state index is 12.2. The number of imide groups is 1. The van der Waals surface area contributed by atoms with Gasteiger partial charge in [-0.1, -0.05) is 42.5 Å². The maximum Gasteiger partial charge on any atom is 0.328 e. The predicted octanol–water partition coefficient (Wildman–Crippen LogP) is 4.47. The van der Waals surface area contributed by atoms with E-state index in [4.69, 9.17) is 4.99 Å². The van der Waals surface area contributed by atoms with Gasteiger partial charge in [-0.2, -0.15) is 0 Å². The van der Waals surface area contributed by atoms with E-state index in [1.54, 1.807) is 30.3 Å². The summed E-state index contributed by atoms with van der Waals surface area (Å²) < 4.78 is 0. The first-order valence-electron chi connectivity index (χ1n) is 10.9. The standard InChI is InChI=1S/C26H19N5O5/c1-30-25(33)21(29-26(30)34)13-15-6-5-9-17(12-15)27-23(16-7-3-2-4-8-16)22-19-14-18(31(35)36)10-11-20(19)28-24(22)32/h2-14,28,32H,1H3,(H,29,34)/b21-13-,27-23?. The Balaban J connectivity index is 1.66. The lowest BCUT2D eigenvalue weighted by molar-refractivity contribution is -0.384. The van der Waals surface area contributed by atoms with Crippen molar-refractivity contribution in [2.24, 2.45) is 4.99 Å². The zero-order chi connectivity index (χ0) is 25.4. The number of aromatic hydroxyl groups is 1.